The Morgan fingerprint density at radius 3 is 2.55 bits per heavy atom. The summed E-state index contributed by atoms with van der Waals surface area (Å²) in [4.78, 5) is 16.8. The van der Waals surface area contributed by atoms with Crippen LogP contribution in [0.1, 0.15) is 25.3 Å². The second-order valence-corrected chi connectivity index (χ2v) is 6.16. The first-order valence-electron chi connectivity index (χ1n) is 7.51. The lowest BCUT2D eigenvalue weighted by Gasteiger charge is -2.30. The Labute approximate surface area is 133 Å². The number of aromatic nitrogens is 2. The van der Waals surface area contributed by atoms with E-state index in [0.29, 0.717) is 10.5 Å². The zero-order valence-electron chi connectivity index (χ0n) is 12.0. The maximum atomic E-state index is 12.6. The first kappa shape index (κ1) is 13.5. The van der Waals surface area contributed by atoms with Crippen LogP contribution in [0.5, 0.6) is 0 Å². The molecule has 4 heteroatoms. The van der Waals surface area contributed by atoms with E-state index in [1.165, 1.54) is 6.42 Å². The molecule has 1 aliphatic rings. The summed E-state index contributed by atoms with van der Waals surface area (Å²) in [6.07, 6.45) is 3.24. The van der Waals surface area contributed by atoms with Crippen molar-refractivity contribution in [2.45, 2.75) is 25.3 Å². The highest BCUT2D eigenvalue weighted by Gasteiger charge is 2.25. The Kier molecular flexibility index (Phi) is 3.23. The maximum Gasteiger partial charge on any atom is 0.348 e. The Morgan fingerprint density at radius 1 is 1.09 bits per heavy atom. The topological polar surface area (TPSA) is 34.9 Å². The molecule has 110 valence electrons. The molecule has 0 saturated heterocycles. The summed E-state index contributed by atoms with van der Waals surface area (Å²) in [6.45, 7) is 0. The molecule has 0 amide bonds. The van der Waals surface area contributed by atoms with Crippen LogP contribution in [0.15, 0.2) is 53.3 Å². The van der Waals surface area contributed by atoms with E-state index in [-0.39, 0.29) is 11.7 Å². The minimum atomic E-state index is -0.168. The normalized spacial score (nSPS) is 15.0. The van der Waals surface area contributed by atoms with E-state index in [1.807, 2.05) is 47.0 Å². The van der Waals surface area contributed by atoms with Crippen molar-refractivity contribution in [3.05, 3.63) is 64.0 Å². The molecule has 4 rings (SSSR count). The third-order valence-corrected chi connectivity index (χ3v) is 4.60. The van der Waals surface area contributed by atoms with Crippen LogP contribution < -0.4 is 5.69 Å². The van der Waals surface area contributed by atoms with Crippen LogP contribution in [0.2, 0.25) is 5.02 Å². The third kappa shape index (κ3) is 2.13. The number of hydrogen-bond acceptors (Lipinski definition) is 2. The molecule has 1 fully saturated rings. The van der Waals surface area contributed by atoms with Gasteiger partial charge in [-0.25, -0.2) is 4.79 Å². The quantitative estimate of drug-likeness (QED) is 0.701. The Bertz CT molecular complexity index is 898. The molecule has 0 spiro atoms. The predicted octanol–water partition coefficient (Wildman–Crippen LogP) is 4.44. The van der Waals surface area contributed by atoms with Crippen molar-refractivity contribution in [3.63, 3.8) is 0 Å². The van der Waals surface area contributed by atoms with Gasteiger partial charge in [-0.1, -0.05) is 41.9 Å². The molecular weight excluding hydrogens is 296 g/mol. The fourth-order valence-corrected chi connectivity index (χ4v) is 3.22. The van der Waals surface area contributed by atoms with Gasteiger partial charge in [0.25, 0.3) is 0 Å². The van der Waals surface area contributed by atoms with Crippen molar-refractivity contribution in [1.82, 2.24) is 9.55 Å². The molecule has 1 saturated carbocycles. The number of rotatable bonds is 2. The van der Waals surface area contributed by atoms with Crippen molar-refractivity contribution in [3.8, 4) is 11.3 Å². The Balaban J connectivity index is 2.12. The van der Waals surface area contributed by atoms with Crippen LogP contribution in [0, 0.1) is 0 Å². The molecule has 3 aromatic rings. The van der Waals surface area contributed by atoms with E-state index in [2.05, 4.69) is 4.98 Å². The smallest absolute Gasteiger partial charge is 0.288 e. The van der Waals surface area contributed by atoms with Gasteiger partial charge in [0.05, 0.1) is 11.2 Å². The number of nitrogens with zero attached hydrogens (tertiary/aromatic N) is 2. The molecule has 0 N–H and O–H groups in total. The summed E-state index contributed by atoms with van der Waals surface area (Å²) in [5, 5.41) is 1.59. The second-order valence-electron chi connectivity index (χ2n) is 5.73. The molecule has 22 heavy (non-hydrogen) atoms. The van der Waals surface area contributed by atoms with Crippen molar-refractivity contribution in [2.75, 3.05) is 0 Å². The molecule has 1 heterocycles. The van der Waals surface area contributed by atoms with Gasteiger partial charge in [0.1, 0.15) is 0 Å². The van der Waals surface area contributed by atoms with Gasteiger partial charge in [-0.2, -0.15) is 4.98 Å². The van der Waals surface area contributed by atoms with Crippen molar-refractivity contribution in [2.24, 2.45) is 0 Å². The number of hydrogen-bond donors (Lipinski definition) is 0. The van der Waals surface area contributed by atoms with Crippen molar-refractivity contribution >= 4 is 22.5 Å². The first-order valence-corrected chi connectivity index (χ1v) is 7.89. The highest BCUT2D eigenvalue weighted by atomic mass is 35.5. The summed E-state index contributed by atoms with van der Waals surface area (Å²) in [5.74, 6) is 0. The molecule has 0 bridgehead atoms. The summed E-state index contributed by atoms with van der Waals surface area (Å²) < 4.78 is 1.86. The first-order chi connectivity index (χ1) is 10.7. The van der Waals surface area contributed by atoms with Gasteiger partial charge in [-0.15, -0.1) is 0 Å². The zero-order valence-corrected chi connectivity index (χ0v) is 12.8. The van der Waals surface area contributed by atoms with Gasteiger partial charge in [0.2, 0.25) is 0 Å². The average molecular weight is 311 g/mol. The Morgan fingerprint density at radius 2 is 1.86 bits per heavy atom. The van der Waals surface area contributed by atoms with Crippen LogP contribution in [0.4, 0.5) is 0 Å². The number of benzene rings is 2. The third-order valence-electron chi connectivity index (χ3n) is 4.36. The van der Waals surface area contributed by atoms with Gasteiger partial charge < -0.3 is 0 Å². The van der Waals surface area contributed by atoms with Crippen molar-refractivity contribution < 1.29 is 0 Å². The largest absolute Gasteiger partial charge is 0.348 e. The van der Waals surface area contributed by atoms with Crippen LogP contribution in [0.3, 0.4) is 0 Å². The second kappa shape index (κ2) is 5.25. The highest BCUT2D eigenvalue weighted by Crippen LogP contribution is 2.36. The predicted molar refractivity (Wildman–Crippen MR) is 89.3 cm³/mol. The molecule has 0 atom stereocenters. The van der Waals surface area contributed by atoms with E-state index in [1.54, 1.807) is 6.07 Å². The van der Waals surface area contributed by atoms with Crippen LogP contribution in [-0.4, -0.2) is 9.55 Å². The standard InChI is InChI=1S/C18H15ClN2O/c19-13-9-10-16-15(11-13)17(12-5-2-1-3-6-12)21(18(22)20-16)14-7-4-8-14/h1-3,5-6,9-11,14H,4,7-8H2. The van der Waals surface area contributed by atoms with Crippen LogP contribution >= 0.6 is 11.6 Å². The van der Waals surface area contributed by atoms with Crippen LogP contribution in [0.25, 0.3) is 22.2 Å². The zero-order chi connectivity index (χ0) is 15.1. The lowest BCUT2D eigenvalue weighted by atomic mass is 9.91. The van der Waals surface area contributed by atoms with Crippen molar-refractivity contribution in [1.29, 1.82) is 0 Å². The number of fused-ring (bicyclic) bond motifs is 1. The SMILES string of the molecule is O=c1nc2ccc(Cl)cc2c(-c2ccccc2)n1C1CCC1. The minimum absolute atomic E-state index is 0.168. The van der Waals surface area contributed by atoms with Gasteiger partial charge in [0.15, 0.2) is 0 Å². The van der Waals surface area contributed by atoms with E-state index < -0.39 is 0 Å². The number of halogens is 1. The van der Waals surface area contributed by atoms with E-state index in [0.717, 1.165) is 29.5 Å². The molecule has 1 aliphatic carbocycles. The lowest BCUT2D eigenvalue weighted by molar-refractivity contribution is 0.307. The van der Waals surface area contributed by atoms with E-state index >= 15 is 0 Å². The van der Waals surface area contributed by atoms with E-state index in [4.69, 9.17) is 11.6 Å². The molecule has 2 aromatic carbocycles. The Hall–Kier alpha value is -2.13. The summed E-state index contributed by atoms with van der Waals surface area (Å²) in [6, 6.07) is 15.8. The summed E-state index contributed by atoms with van der Waals surface area (Å²) in [5.41, 5.74) is 2.49. The molecule has 3 nitrogen and oxygen atoms in total. The highest BCUT2D eigenvalue weighted by molar-refractivity contribution is 6.31. The van der Waals surface area contributed by atoms with Gasteiger partial charge >= 0.3 is 5.69 Å². The summed E-state index contributed by atoms with van der Waals surface area (Å²) >= 11 is 6.18. The molecule has 1 aromatic heterocycles. The van der Waals surface area contributed by atoms with E-state index in [9.17, 15) is 4.79 Å². The fourth-order valence-electron chi connectivity index (χ4n) is 3.05. The van der Waals surface area contributed by atoms with Gasteiger partial charge in [-0.3, -0.25) is 4.57 Å². The van der Waals surface area contributed by atoms with Gasteiger partial charge in [0, 0.05) is 16.5 Å². The average Bonchev–Trinajstić information content (AvgIpc) is 2.48. The molecule has 0 radical (unpaired) electrons. The molecule has 0 aliphatic heterocycles. The monoisotopic (exact) mass is 310 g/mol. The lowest BCUT2D eigenvalue weighted by Crippen LogP contribution is -2.32. The minimum Gasteiger partial charge on any atom is -0.288 e. The molecular formula is C18H15ClN2O. The van der Waals surface area contributed by atoms with Gasteiger partial charge in [-0.05, 0) is 43.0 Å². The summed E-state index contributed by atoms with van der Waals surface area (Å²) in [7, 11) is 0. The molecule has 0 unspecified atom stereocenters. The van der Waals surface area contributed by atoms with Crippen LogP contribution in [-0.2, 0) is 0 Å². The maximum absolute atomic E-state index is 12.6. The fraction of sp³-hybridized carbons (Fsp3) is 0.222.